The summed E-state index contributed by atoms with van der Waals surface area (Å²) in [6.45, 7) is 0. The minimum Gasteiger partial charge on any atom is -0.322 e. The molecule has 0 bridgehead atoms. The monoisotopic (exact) mass is 342 g/mol. The highest BCUT2D eigenvalue weighted by atomic mass is 32.2. The van der Waals surface area contributed by atoms with Crippen LogP contribution in [0, 0.1) is 0 Å². The second-order valence-corrected chi connectivity index (χ2v) is 6.01. The van der Waals surface area contributed by atoms with Crippen molar-refractivity contribution in [3.63, 3.8) is 0 Å². The maximum Gasteiger partial charge on any atom is 0.416 e. The van der Waals surface area contributed by atoms with Gasteiger partial charge in [0.25, 0.3) is 0 Å². The molecular formula is C14H13F3N4OS. The molecule has 2 N–H and O–H groups in total. The Morgan fingerprint density at radius 3 is 2.96 bits per heavy atom. The van der Waals surface area contributed by atoms with E-state index in [-0.39, 0.29) is 17.6 Å². The highest BCUT2D eigenvalue weighted by Crippen LogP contribution is 2.30. The molecule has 1 aromatic carbocycles. The van der Waals surface area contributed by atoms with Crippen LogP contribution >= 0.6 is 11.8 Å². The lowest BCUT2D eigenvalue weighted by molar-refractivity contribution is -0.137. The van der Waals surface area contributed by atoms with E-state index in [1.807, 2.05) is 0 Å². The molecule has 1 aromatic heterocycles. The van der Waals surface area contributed by atoms with Crippen molar-refractivity contribution in [2.75, 3.05) is 16.9 Å². The first-order valence-electron chi connectivity index (χ1n) is 6.78. The van der Waals surface area contributed by atoms with Crippen LogP contribution in [0.4, 0.5) is 18.9 Å². The van der Waals surface area contributed by atoms with Gasteiger partial charge in [0.05, 0.1) is 35.4 Å². The van der Waals surface area contributed by atoms with E-state index in [2.05, 4.69) is 15.7 Å². The molecule has 122 valence electrons. The van der Waals surface area contributed by atoms with Gasteiger partial charge >= 0.3 is 6.18 Å². The van der Waals surface area contributed by atoms with E-state index in [0.29, 0.717) is 11.4 Å². The zero-order valence-corrected chi connectivity index (χ0v) is 12.6. The maximum absolute atomic E-state index is 12.7. The number of carbonyl (C=O) groups excluding carboxylic acids is 1. The van der Waals surface area contributed by atoms with Crippen LogP contribution in [0.25, 0.3) is 5.69 Å². The van der Waals surface area contributed by atoms with Crippen LogP contribution < -0.4 is 10.6 Å². The van der Waals surface area contributed by atoms with Gasteiger partial charge in [-0.2, -0.15) is 18.3 Å². The van der Waals surface area contributed by atoms with Crippen molar-refractivity contribution < 1.29 is 18.0 Å². The van der Waals surface area contributed by atoms with Crippen molar-refractivity contribution in [1.29, 1.82) is 0 Å². The summed E-state index contributed by atoms with van der Waals surface area (Å²) in [5.41, 5.74) is -0.0377. The number of halogens is 3. The minimum absolute atomic E-state index is 0.182. The van der Waals surface area contributed by atoms with Gasteiger partial charge in [0, 0.05) is 11.6 Å². The fraction of sp³-hybridized carbons (Fsp3) is 0.286. The van der Waals surface area contributed by atoms with Crippen molar-refractivity contribution in [3.05, 3.63) is 42.2 Å². The molecule has 0 spiro atoms. The number of thioether (sulfide) groups is 1. The van der Waals surface area contributed by atoms with E-state index < -0.39 is 11.7 Å². The third-order valence-electron chi connectivity index (χ3n) is 3.32. The van der Waals surface area contributed by atoms with Crippen molar-refractivity contribution in [2.45, 2.75) is 12.2 Å². The molecule has 0 unspecified atom stereocenters. The summed E-state index contributed by atoms with van der Waals surface area (Å²) in [7, 11) is 0. The second-order valence-electron chi connectivity index (χ2n) is 4.98. The molecular weight excluding hydrogens is 329 g/mol. The number of hydrogen-bond donors (Lipinski definition) is 2. The summed E-state index contributed by atoms with van der Waals surface area (Å²) < 4.78 is 39.5. The number of hydrogen-bond acceptors (Lipinski definition) is 4. The number of nitrogens with zero attached hydrogens (tertiary/aromatic N) is 2. The lowest BCUT2D eigenvalue weighted by Gasteiger charge is -2.09. The maximum atomic E-state index is 12.7. The summed E-state index contributed by atoms with van der Waals surface area (Å²) in [4.78, 5) is 12.0. The molecule has 1 aliphatic rings. The number of aromatic nitrogens is 2. The summed E-state index contributed by atoms with van der Waals surface area (Å²) in [5, 5.41) is 9.73. The van der Waals surface area contributed by atoms with Crippen LogP contribution in [0.15, 0.2) is 36.7 Å². The molecule has 5 nitrogen and oxygen atoms in total. The van der Waals surface area contributed by atoms with E-state index in [0.717, 1.165) is 18.0 Å². The van der Waals surface area contributed by atoms with Crippen LogP contribution in [0.2, 0.25) is 0 Å². The first-order chi connectivity index (χ1) is 10.9. The SMILES string of the molecule is O=C(Nc1cnn(-c2cccc(C(F)(F)F)c2)c1)[C@H]1CSCN1. The first-order valence-corrected chi connectivity index (χ1v) is 7.93. The standard InChI is InChI=1S/C14H13F3N4OS/c15-14(16,17)9-2-1-3-11(4-9)21-6-10(5-19-21)20-13(22)12-7-23-8-18-12/h1-6,12,18H,7-8H2,(H,20,22)/t12-/m1/s1. The molecule has 0 aliphatic carbocycles. The average Bonchev–Trinajstić information content (AvgIpc) is 3.18. The molecule has 23 heavy (non-hydrogen) atoms. The number of anilines is 1. The fourth-order valence-corrected chi connectivity index (χ4v) is 3.09. The van der Waals surface area contributed by atoms with E-state index in [1.165, 1.54) is 29.2 Å². The number of alkyl halides is 3. The predicted octanol–water partition coefficient (Wildman–Crippen LogP) is 2.49. The van der Waals surface area contributed by atoms with Gasteiger partial charge in [0.1, 0.15) is 0 Å². The van der Waals surface area contributed by atoms with Crippen LogP contribution in [0.1, 0.15) is 5.56 Å². The molecule has 2 heterocycles. The number of benzene rings is 1. The molecule has 1 aliphatic heterocycles. The molecule has 1 saturated heterocycles. The average molecular weight is 342 g/mol. The van der Waals surface area contributed by atoms with E-state index >= 15 is 0 Å². The number of rotatable bonds is 3. The smallest absolute Gasteiger partial charge is 0.322 e. The van der Waals surface area contributed by atoms with Crippen molar-refractivity contribution in [1.82, 2.24) is 15.1 Å². The zero-order valence-electron chi connectivity index (χ0n) is 11.8. The molecule has 3 rings (SSSR count). The molecule has 1 atom stereocenters. The van der Waals surface area contributed by atoms with Gasteiger partial charge in [0.2, 0.25) is 5.91 Å². The van der Waals surface area contributed by atoms with Crippen molar-refractivity contribution in [3.8, 4) is 5.69 Å². The summed E-state index contributed by atoms with van der Waals surface area (Å²) >= 11 is 1.63. The third kappa shape index (κ3) is 3.67. The number of carbonyl (C=O) groups is 1. The van der Waals surface area contributed by atoms with E-state index in [1.54, 1.807) is 11.8 Å². The molecule has 1 fully saturated rings. The van der Waals surface area contributed by atoms with Gasteiger partial charge in [0.15, 0.2) is 0 Å². The molecule has 1 amide bonds. The highest BCUT2D eigenvalue weighted by molar-refractivity contribution is 7.99. The Balaban J connectivity index is 1.75. The van der Waals surface area contributed by atoms with Gasteiger partial charge in [-0.05, 0) is 18.2 Å². The normalized spacial score (nSPS) is 18.1. The minimum atomic E-state index is -4.41. The predicted molar refractivity (Wildman–Crippen MR) is 81.4 cm³/mol. The Hall–Kier alpha value is -2.00. The van der Waals surface area contributed by atoms with E-state index in [4.69, 9.17) is 0 Å². The van der Waals surface area contributed by atoms with Crippen LogP contribution in [-0.4, -0.2) is 33.4 Å². The second kappa shape index (κ2) is 6.25. The number of nitrogens with one attached hydrogen (secondary N) is 2. The molecule has 9 heteroatoms. The Kier molecular flexibility index (Phi) is 4.31. The summed E-state index contributed by atoms with van der Waals surface area (Å²) in [5.74, 6) is 1.23. The van der Waals surface area contributed by atoms with Gasteiger partial charge in [-0.15, -0.1) is 11.8 Å². The van der Waals surface area contributed by atoms with Crippen molar-refractivity contribution in [2.24, 2.45) is 0 Å². The van der Waals surface area contributed by atoms with Crippen LogP contribution in [-0.2, 0) is 11.0 Å². The Morgan fingerprint density at radius 1 is 1.43 bits per heavy atom. The molecule has 0 saturated carbocycles. The lowest BCUT2D eigenvalue weighted by Crippen LogP contribution is -2.37. The third-order valence-corrected chi connectivity index (χ3v) is 4.26. The van der Waals surface area contributed by atoms with Gasteiger partial charge in [-0.1, -0.05) is 6.07 Å². The number of amides is 1. The Bertz CT molecular complexity index is 710. The largest absolute Gasteiger partial charge is 0.416 e. The highest BCUT2D eigenvalue weighted by Gasteiger charge is 2.30. The van der Waals surface area contributed by atoms with Gasteiger partial charge < -0.3 is 5.32 Å². The first kappa shape index (κ1) is 15.9. The summed E-state index contributed by atoms with van der Waals surface area (Å²) in [6, 6.07) is 4.57. The fourth-order valence-electron chi connectivity index (χ4n) is 2.15. The Morgan fingerprint density at radius 2 is 2.26 bits per heavy atom. The Labute approximate surface area is 134 Å². The van der Waals surface area contributed by atoms with Crippen molar-refractivity contribution >= 4 is 23.4 Å². The van der Waals surface area contributed by atoms with E-state index in [9.17, 15) is 18.0 Å². The van der Waals surface area contributed by atoms with Crippen LogP contribution in [0.5, 0.6) is 0 Å². The van der Waals surface area contributed by atoms with Gasteiger partial charge in [-0.25, -0.2) is 4.68 Å². The molecule has 0 radical (unpaired) electrons. The summed E-state index contributed by atoms with van der Waals surface area (Å²) in [6.07, 6.45) is -1.53. The topological polar surface area (TPSA) is 59.0 Å². The van der Waals surface area contributed by atoms with Gasteiger partial charge in [-0.3, -0.25) is 10.1 Å². The lowest BCUT2D eigenvalue weighted by atomic mass is 10.2. The zero-order chi connectivity index (χ0) is 16.4. The quantitative estimate of drug-likeness (QED) is 0.900. The molecule has 2 aromatic rings. The van der Waals surface area contributed by atoms with Crippen LogP contribution in [0.3, 0.4) is 0 Å².